The number of benzene rings is 3. The van der Waals surface area contributed by atoms with Gasteiger partial charge in [-0.15, -0.1) is 0 Å². The number of likely N-dealkylation sites (tertiary alicyclic amines) is 1. The molecule has 3 aromatic carbocycles. The van der Waals surface area contributed by atoms with Crippen molar-refractivity contribution in [3.05, 3.63) is 125 Å². The van der Waals surface area contributed by atoms with Crippen LogP contribution >= 0.6 is 0 Å². The molecule has 0 spiro atoms. The number of aliphatic hydroxyl groups excluding tert-OH is 1. The van der Waals surface area contributed by atoms with Crippen LogP contribution in [0.3, 0.4) is 0 Å². The molecule has 5 rings (SSSR count). The minimum absolute atomic E-state index is 0.0337. The fraction of sp³-hybridized carbons (Fsp3) is 0.100. The maximum Gasteiger partial charge on any atom is 0.295 e. The highest BCUT2D eigenvalue weighted by atomic mass is 19.1. The summed E-state index contributed by atoms with van der Waals surface area (Å²) < 4.78 is 25.4. The first-order chi connectivity index (χ1) is 18.5. The lowest BCUT2D eigenvalue weighted by Crippen LogP contribution is -2.29. The summed E-state index contributed by atoms with van der Waals surface area (Å²) in [4.78, 5) is 32.1. The molecule has 1 unspecified atom stereocenters. The van der Waals surface area contributed by atoms with Gasteiger partial charge in [0.05, 0.1) is 24.3 Å². The summed E-state index contributed by atoms with van der Waals surface area (Å²) in [6.07, 6.45) is 3.20. The Balaban J connectivity index is 1.65. The number of carbonyl (C=O) groups is 2. The molecule has 7 nitrogen and oxygen atoms in total. The minimum Gasteiger partial charge on any atom is -0.507 e. The number of rotatable bonds is 7. The molecule has 1 aliphatic rings. The Morgan fingerprint density at radius 2 is 1.76 bits per heavy atom. The van der Waals surface area contributed by atoms with Gasteiger partial charge < -0.3 is 19.5 Å². The Morgan fingerprint density at radius 3 is 2.50 bits per heavy atom. The third-order valence-corrected chi connectivity index (χ3v) is 6.19. The summed E-state index contributed by atoms with van der Waals surface area (Å²) in [5, 5.41) is 11.4. The smallest absolute Gasteiger partial charge is 0.295 e. The zero-order valence-corrected chi connectivity index (χ0v) is 20.4. The molecule has 8 heteroatoms. The standard InChI is InChI=1S/C30H23FN2O5/c1-37-25-13-12-21(31)16-24(25)28(34)26-27(33(30(36)29(26)35)18-19-7-6-14-32-17-19)20-8-5-11-23(15-20)38-22-9-3-2-4-10-22/h2-17,27,34H,18H2,1H3/b28-26+. The van der Waals surface area contributed by atoms with E-state index in [0.29, 0.717) is 22.6 Å². The van der Waals surface area contributed by atoms with Crippen LogP contribution in [-0.4, -0.2) is 33.8 Å². The van der Waals surface area contributed by atoms with Crippen molar-refractivity contribution in [3.63, 3.8) is 0 Å². The Morgan fingerprint density at radius 1 is 0.974 bits per heavy atom. The fourth-order valence-corrected chi connectivity index (χ4v) is 4.46. The van der Waals surface area contributed by atoms with Crippen molar-refractivity contribution in [2.45, 2.75) is 12.6 Å². The summed E-state index contributed by atoms with van der Waals surface area (Å²) in [6.45, 7) is 0.0594. The van der Waals surface area contributed by atoms with Crippen LogP contribution in [0.25, 0.3) is 5.76 Å². The van der Waals surface area contributed by atoms with Crippen molar-refractivity contribution in [2.24, 2.45) is 0 Å². The second kappa shape index (κ2) is 10.6. The SMILES string of the molecule is COc1ccc(F)cc1/C(O)=C1\C(=O)C(=O)N(Cc2cccnc2)C1c1cccc(Oc2ccccc2)c1. The third kappa shape index (κ3) is 4.84. The number of nitrogens with zero attached hydrogens (tertiary/aromatic N) is 2. The third-order valence-electron chi connectivity index (χ3n) is 6.19. The lowest BCUT2D eigenvalue weighted by molar-refractivity contribution is -0.140. The maximum atomic E-state index is 14.2. The van der Waals surface area contributed by atoms with E-state index < -0.39 is 29.3 Å². The first-order valence-corrected chi connectivity index (χ1v) is 11.8. The zero-order chi connectivity index (χ0) is 26.6. The van der Waals surface area contributed by atoms with Gasteiger partial charge in [-0.25, -0.2) is 4.39 Å². The zero-order valence-electron chi connectivity index (χ0n) is 20.4. The molecule has 1 aliphatic heterocycles. The van der Waals surface area contributed by atoms with Crippen molar-refractivity contribution in [3.8, 4) is 17.2 Å². The van der Waals surface area contributed by atoms with E-state index in [1.165, 1.54) is 24.1 Å². The van der Waals surface area contributed by atoms with Gasteiger partial charge in [-0.2, -0.15) is 0 Å². The van der Waals surface area contributed by atoms with Crippen LogP contribution < -0.4 is 9.47 Å². The van der Waals surface area contributed by atoms with Crippen molar-refractivity contribution in [1.29, 1.82) is 0 Å². The first kappa shape index (κ1) is 24.7. The normalized spacial score (nSPS) is 16.5. The van der Waals surface area contributed by atoms with E-state index in [4.69, 9.17) is 9.47 Å². The number of ether oxygens (including phenoxy) is 2. The predicted molar refractivity (Wildman–Crippen MR) is 138 cm³/mol. The summed E-state index contributed by atoms with van der Waals surface area (Å²) in [7, 11) is 1.37. The average molecular weight is 511 g/mol. The van der Waals surface area contributed by atoms with Crippen LogP contribution in [0.5, 0.6) is 17.2 Å². The highest BCUT2D eigenvalue weighted by molar-refractivity contribution is 6.46. The molecule has 1 atom stereocenters. The van der Waals surface area contributed by atoms with Crippen molar-refractivity contribution >= 4 is 17.4 Å². The molecule has 1 fully saturated rings. The molecule has 4 aromatic rings. The van der Waals surface area contributed by atoms with Crippen molar-refractivity contribution in [1.82, 2.24) is 9.88 Å². The largest absolute Gasteiger partial charge is 0.507 e. The monoisotopic (exact) mass is 510 g/mol. The molecule has 1 saturated heterocycles. The molecule has 0 radical (unpaired) electrons. The van der Waals surface area contributed by atoms with E-state index in [1.807, 2.05) is 18.2 Å². The molecule has 0 aliphatic carbocycles. The maximum absolute atomic E-state index is 14.2. The molecule has 0 bridgehead atoms. The van der Waals surface area contributed by atoms with Crippen LogP contribution in [0.15, 0.2) is 103 Å². The topological polar surface area (TPSA) is 89.0 Å². The Bertz CT molecular complexity index is 1520. The van der Waals surface area contributed by atoms with Gasteiger partial charge in [0.25, 0.3) is 11.7 Å². The number of Topliss-reactive ketones (excluding diaryl/α,β-unsaturated/α-hetero) is 1. The second-order valence-corrected chi connectivity index (χ2v) is 8.62. The number of hydrogen-bond acceptors (Lipinski definition) is 6. The number of carbonyl (C=O) groups excluding carboxylic acids is 2. The van der Waals surface area contributed by atoms with Crippen molar-refractivity contribution in [2.75, 3.05) is 7.11 Å². The number of halogens is 1. The Kier molecular flexibility index (Phi) is 6.86. The Labute approximate surface area is 218 Å². The molecule has 1 aromatic heterocycles. The van der Waals surface area contributed by atoms with E-state index in [2.05, 4.69) is 4.98 Å². The quantitative estimate of drug-likeness (QED) is 0.197. The summed E-state index contributed by atoms with van der Waals surface area (Å²) in [5.41, 5.74) is 1.01. The van der Waals surface area contributed by atoms with Gasteiger partial charge in [0.1, 0.15) is 28.8 Å². The number of pyridine rings is 1. The van der Waals surface area contributed by atoms with E-state index in [1.54, 1.807) is 60.9 Å². The van der Waals surface area contributed by atoms with Crippen LogP contribution in [-0.2, 0) is 16.1 Å². The van der Waals surface area contributed by atoms with Gasteiger partial charge in [0, 0.05) is 18.9 Å². The Hall–Kier alpha value is -4.98. The number of ketones is 1. The number of aromatic nitrogens is 1. The molecule has 190 valence electrons. The molecular formula is C30H23FN2O5. The van der Waals surface area contributed by atoms with E-state index in [0.717, 1.165) is 6.07 Å². The van der Waals surface area contributed by atoms with Gasteiger partial charge in [0.15, 0.2) is 0 Å². The summed E-state index contributed by atoms with van der Waals surface area (Å²) >= 11 is 0. The number of aliphatic hydroxyl groups is 1. The van der Waals surface area contributed by atoms with Crippen LogP contribution in [0, 0.1) is 5.82 Å². The summed E-state index contributed by atoms with van der Waals surface area (Å²) in [5.74, 6) is -1.62. The van der Waals surface area contributed by atoms with Gasteiger partial charge in [-0.1, -0.05) is 36.4 Å². The van der Waals surface area contributed by atoms with E-state index in [-0.39, 0.29) is 23.4 Å². The fourth-order valence-electron chi connectivity index (χ4n) is 4.46. The van der Waals surface area contributed by atoms with Crippen molar-refractivity contribution < 1.29 is 28.6 Å². The average Bonchev–Trinajstić information content (AvgIpc) is 3.19. The second-order valence-electron chi connectivity index (χ2n) is 8.62. The lowest BCUT2D eigenvalue weighted by Gasteiger charge is -2.26. The lowest BCUT2D eigenvalue weighted by atomic mass is 9.94. The van der Waals surface area contributed by atoms with Gasteiger partial charge in [0.2, 0.25) is 0 Å². The van der Waals surface area contributed by atoms with Gasteiger partial charge >= 0.3 is 0 Å². The van der Waals surface area contributed by atoms with Crippen LogP contribution in [0.4, 0.5) is 4.39 Å². The van der Waals surface area contributed by atoms with Gasteiger partial charge in [-0.05, 0) is 59.7 Å². The number of methoxy groups -OCH3 is 1. The van der Waals surface area contributed by atoms with Crippen LogP contribution in [0.1, 0.15) is 22.7 Å². The van der Waals surface area contributed by atoms with Gasteiger partial charge in [-0.3, -0.25) is 14.6 Å². The molecule has 0 saturated carbocycles. The highest BCUT2D eigenvalue weighted by Crippen LogP contribution is 2.42. The molecule has 38 heavy (non-hydrogen) atoms. The number of amides is 1. The summed E-state index contributed by atoms with van der Waals surface area (Å²) in [6, 6.07) is 22.2. The van der Waals surface area contributed by atoms with E-state index in [9.17, 15) is 19.1 Å². The number of para-hydroxylation sites is 1. The predicted octanol–water partition coefficient (Wildman–Crippen LogP) is 5.64. The molecule has 2 heterocycles. The molecular weight excluding hydrogens is 487 g/mol. The minimum atomic E-state index is -0.984. The van der Waals surface area contributed by atoms with Crippen LogP contribution in [0.2, 0.25) is 0 Å². The van der Waals surface area contributed by atoms with E-state index >= 15 is 0 Å². The molecule has 1 amide bonds. The highest BCUT2D eigenvalue weighted by Gasteiger charge is 2.46. The molecule has 1 N–H and O–H groups in total. The first-order valence-electron chi connectivity index (χ1n) is 11.8. The number of hydrogen-bond donors (Lipinski definition) is 1.